The summed E-state index contributed by atoms with van der Waals surface area (Å²) >= 11 is 0. The molecule has 3 nitrogen and oxygen atoms in total. The zero-order valence-corrected chi connectivity index (χ0v) is 12.7. The Balaban J connectivity index is 2.09. The molecule has 0 aliphatic heterocycles. The summed E-state index contributed by atoms with van der Waals surface area (Å²) in [5.74, 6) is 0.444. The summed E-state index contributed by atoms with van der Waals surface area (Å²) in [6.45, 7) is 7.51. The van der Waals surface area contributed by atoms with E-state index in [1.165, 1.54) is 0 Å². The number of rotatable bonds is 2. The standard InChI is InChI=1S/C16H28O3/c1-12(2,17)14-5-11-6-15(8-14,13(3,4)18)10-16(19,7-11)9-14/h11,17-19H,5-10H2,1-4H3. The maximum atomic E-state index is 10.9. The Kier molecular flexibility index (Phi) is 2.46. The van der Waals surface area contributed by atoms with Crippen molar-refractivity contribution in [2.45, 2.75) is 83.0 Å². The van der Waals surface area contributed by atoms with E-state index in [4.69, 9.17) is 0 Å². The molecule has 3 heteroatoms. The molecule has 19 heavy (non-hydrogen) atoms. The lowest BCUT2D eigenvalue weighted by Gasteiger charge is -2.70. The van der Waals surface area contributed by atoms with E-state index >= 15 is 0 Å². The maximum absolute atomic E-state index is 10.9. The molecular formula is C16H28O3. The molecule has 0 amide bonds. The summed E-state index contributed by atoms with van der Waals surface area (Å²) in [6, 6.07) is 0. The Morgan fingerprint density at radius 2 is 1.21 bits per heavy atom. The van der Waals surface area contributed by atoms with Gasteiger partial charge in [0.15, 0.2) is 0 Å². The molecule has 4 bridgehead atoms. The van der Waals surface area contributed by atoms with Crippen LogP contribution in [0.4, 0.5) is 0 Å². The molecule has 2 unspecified atom stereocenters. The van der Waals surface area contributed by atoms with Gasteiger partial charge >= 0.3 is 0 Å². The fourth-order valence-corrected chi connectivity index (χ4v) is 5.75. The molecule has 0 saturated heterocycles. The summed E-state index contributed by atoms with van der Waals surface area (Å²) in [5.41, 5.74) is -2.74. The van der Waals surface area contributed by atoms with Crippen LogP contribution >= 0.6 is 0 Å². The second kappa shape index (κ2) is 3.37. The Morgan fingerprint density at radius 3 is 1.53 bits per heavy atom. The molecule has 0 radical (unpaired) electrons. The van der Waals surface area contributed by atoms with Gasteiger partial charge in [0.05, 0.1) is 16.8 Å². The highest BCUT2D eigenvalue weighted by Gasteiger charge is 2.69. The SMILES string of the molecule is CC(C)(O)C12CC3CC(O)(C1)CC(C(C)(C)O)(C3)C2. The van der Waals surface area contributed by atoms with Gasteiger partial charge in [-0.25, -0.2) is 0 Å². The highest BCUT2D eigenvalue weighted by Crippen LogP contribution is 2.71. The third kappa shape index (κ3) is 1.74. The highest BCUT2D eigenvalue weighted by molar-refractivity contribution is 5.20. The van der Waals surface area contributed by atoms with E-state index in [1.54, 1.807) is 0 Å². The van der Waals surface area contributed by atoms with Gasteiger partial charge in [-0.15, -0.1) is 0 Å². The molecule has 4 rings (SSSR count). The molecule has 0 aromatic heterocycles. The molecular weight excluding hydrogens is 240 g/mol. The summed E-state index contributed by atoms with van der Waals surface area (Å²) in [4.78, 5) is 0. The lowest BCUT2D eigenvalue weighted by atomic mass is 9.37. The Labute approximate surface area is 116 Å². The van der Waals surface area contributed by atoms with Crippen LogP contribution in [0.3, 0.4) is 0 Å². The second-order valence-corrected chi connectivity index (χ2v) is 8.91. The first-order chi connectivity index (χ1) is 8.41. The molecule has 4 saturated carbocycles. The topological polar surface area (TPSA) is 60.7 Å². The van der Waals surface area contributed by atoms with Crippen molar-refractivity contribution < 1.29 is 15.3 Å². The van der Waals surface area contributed by atoms with Gasteiger partial charge in [-0.1, -0.05) is 0 Å². The van der Waals surface area contributed by atoms with E-state index in [-0.39, 0.29) is 10.8 Å². The minimum Gasteiger partial charge on any atom is -0.390 e. The van der Waals surface area contributed by atoms with E-state index in [9.17, 15) is 15.3 Å². The molecule has 3 N–H and O–H groups in total. The summed E-state index contributed by atoms with van der Waals surface area (Å²) in [7, 11) is 0. The molecule has 110 valence electrons. The van der Waals surface area contributed by atoms with Gasteiger partial charge in [0, 0.05) is 10.8 Å². The monoisotopic (exact) mass is 268 g/mol. The predicted molar refractivity (Wildman–Crippen MR) is 73.6 cm³/mol. The molecule has 4 fully saturated rings. The van der Waals surface area contributed by atoms with Gasteiger partial charge < -0.3 is 15.3 Å². The van der Waals surface area contributed by atoms with Crippen molar-refractivity contribution in [3.05, 3.63) is 0 Å². The first-order valence-corrected chi connectivity index (χ1v) is 7.58. The minimum atomic E-state index is -0.795. The van der Waals surface area contributed by atoms with Crippen LogP contribution in [0.2, 0.25) is 0 Å². The quantitative estimate of drug-likeness (QED) is 0.720. The van der Waals surface area contributed by atoms with Gasteiger partial charge in [0.1, 0.15) is 0 Å². The largest absolute Gasteiger partial charge is 0.390 e. The van der Waals surface area contributed by atoms with Crippen molar-refractivity contribution in [3.8, 4) is 0 Å². The second-order valence-electron chi connectivity index (χ2n) is 8.91. The predicted octanol–water partition coefficient (Wildman–Crippen LogP) is 2.23. The number of hydrogen-bond acceptors (Lipinski definition) is 3. The van der Waals surface area contributed by atoms with E-state index in [1.807, 2.05) is 27.7 Å². The van der Waals surface area contributed by atoms with E-state index in [0.717, 1.165) is 25.7 Å². The Hall–Kier alpha value is -0.120. The van der Waals surface area contributed by atoms with E-state index in [0.29, 0.717) is 18.8 Å². The van der Waals surface area contributed by atoms with E-state index in [2.05, 4.69) is 0 Å². The van der Waals surface area contributed by atoms with Crippen LogP contribution in [0.15, 0.2) is 0 Å². The lowest BCUT2D eigenvalue weighted by molar-refractivity contribution is -0.281. The fourth-order valence-electron chi connectivity index (χ4n) is 5.75. The molecule has 0 spiro atoms. The lowest BCUT2D eigenvalue weighted by Crippen LogP contribution is -2.69. The average Bonchev–Trinajstić information content (AvgIpc) is 2.09. The van der Waals surface area contributed by atoms with Crippen molar-refractivity contribution in [1.29, 1.82) is 0 Å². The van der Waals surface area contributed by atoms with Gasteiger partial charge in [-0.2, -0.15) is 0 Å². The maximum Gasteiger partial charge on any atom is 0.0663 e. The van der Waals surface area contributed by atoms with Crippen molar-refractivity contribution in [2.24, 2.45) is 16.7 Å². The van der Waals surface area contributed by atoms with Crippen LogP contribution < -0.4 is 0 Å². The van der Waals surface area contributed by atoms with Gasteiger partial charge in [0.25, 0.3) is 0 Å². The normalized spacial score (nSPS) is 49.7. The minimum absolute atomic E-state index is 0.235. The molecule has 0 aromatic rings. The summed E-state index contributed by atoms with van der Waals surface area (Å²) in [6.07, 6.45) is 5.07. The zero-order chi connectivity index (χ0) is 14.3. The molecule has 0 aromatic carbocycles. The first kappa shape index (κ1) is 13.8. The third-order valence-electron chi connectivity index (χ3n) is 6.63. The molecule has 4 aliphatic carbocycles. The summed E-state index contributed by atoms with van der Waals surface area (Å²) < 4.78 is 0. The Morgan fingerprint density at radius 1 is 0.789 bits per heavy atom. The van der Waals surface area contributed by atoms with Gasteiger partial charge in [-0.3, -0.25) is 0 Å². The van der Waals surface area contributed by atoms with Crippen LogP contribution in [-0.2, 0) is 0 Å². The molecule has 0 heterocycles. The van der Waals surface area contributed by atoms with Crippen molar-refractivity contribution in [3.63, 3.8) is 0 Å². The number of aliphatic hydroxyl groups is 3. The molecule has 2 atom stereocenters. The van der Waals surface area contributed by atoms with Crippen LogP contribution in [0, 0.1) is 16.7 Å². The van der Waals surface area contributed by atoms with Crippen molar-refractivity contribution in [1.82, 2.24) is 0 Å². The average molecular weight is 268 g/mol. The Bertz CT molecular complexity index is 371. The van der Waals surface area contributed by atoms with Gasteiger partial charge in [-0.05, 0) is 72.1 Å². The highest BCUT2D eigenvalue weighted by atomic mass is 16.3. The van der Waals surface area contributed by atoms with Crippen LogP contribution in [0.1, 0.15) is 66.2 Å². The smallest absolute Gasteiger partial charge is 0.0663 e. The van der Waals surface area contributed by atoms with Crippen LogP contribution in [0.5, 0.6) is 0 Å². The fraction of sp³-hybridized carbons (Fsp3) is 1.00. The zero-order valence-electron chi connectivity index (χ0n) is 12.7. The third-order valence-corrected chi connectivity index (χ3v) is 6.63. The van der Waals surface area contributed by atoms with Crippen LogP contribution in [-0.4, -0.2) is 32.1 Å². The first-order valence-electron chi connectivity index (χ1n) is 7.58. The molecule has 4 aliphatic rings. The van der Waals surface area contributed by atoms with Gasteiger partial charge in [0.2, 0.25) is 0 Å². The van der Waals surface area contributed by atoms with Crippen LogP contribution in [0.25, 0.3) is 0 Å². The van der Waals surface area contributed by atoms with Crippen molar-refractivity contribution >= 4 is 0 Å². The number of hydrogen-bond donors (Lipinski definition) is 3. The van der Waals surface area contributed by atoms with E-state index < -0.39 is 16.8 Å². The van der Waals surface area contributed by atoms with Crippen molar-refractivity contribution in [2.75, 3.05) is 0 Å². The summed E-state index contributed by atoms with van der Waals surface area (Å²) in [5, 5.41) is 32.3.